The molecule has 1 rings (SSSR count). The molecule has 1 aromatic carbocycles. The van der Waals surface area contributed by atoms with Crippen LogP contribution in [0.2, 0.25) is 0 Å². The molecule has 2 N–H and O–H groups in total. The van der Waals surface area contributed by atoms with Gasteiger partial charge in [-0.15, -0.1) is 0 Å². The summed E-state index contributed by atoms with van der Waals surface area (Å²) < 4.78 is 1.17. The molecule has 0 radical (unpaired) electrons. The topological polar surface area (TPSA) is 26.0 Å². The largest absolute Gasteiger partial charge is 0.324 e. The molecule has 114 valence electrons. The Balaban J connectivity index is 2.13. The summed E-state index contributed by atoms with van der Waals surface area (Å²) in [5, 5.41) is 0. The van der Waals surface area contributed by atoms with Crippen LogP contribution in [0.1, 0.15) is 81.9 Å². The maximum atomic E-state index is 6.27. The minimum absolute atomic E-state index is 0.187. The van der Waals surface area contributed by atoms with E-state index in [2.05, 4.69) is 48.0 Å². The highest BCUT2D eigenvalue weighted by Gasteiger charge is 2.07. The molecule has 0 aliphatic carbocycles. The van der Waals surface area contributed by atoms with Crippen molar-refractivity contribution >= 4 is 15.9 Å². The molecule has 20 heavy (non-hydrogen) atoms. The van der Waals surface area contributed by atoms with E-state index in [-0.39, 0.29) is 6.04 Å². The molecule has 0 spiro atoms. The van der Waals surface area contributed by atoms with Crippen LogP contribution in [0.25, 0.3) is 0 Å². The van der Waals surface area contributed by atoms with Crippen molar-refractivity contribution in [3.05, 3.63) is 33.8 Å². The molecule has 0 heterocycles. The van der Waals surface area contributed by atoms with Crippen LogP contribution >= 0.6 is 15.9 Å². The van der Waals surface area contributed by atoms with E-state index in [1.165, 1.54) is 67.0 Å². The van der Waals surface area contributed by atoms with Crippen LogP contribution in [-0.4, -0.2) is 0 Å². The van der Waals surface area contributed by atoms with Gasteiger partial charge in [0.15, 0.2) is 0 Å². The van der Waals surface area contributed by atoms with Crippen molar-refractivity contribution < 1.29 is 0 Å². The first-order chi connectivity index (χ1) is 9.65. The monoisotopic (exact) mass is 339 g/mol. The number of hydrogen-bond donors (Lipinski definition) is 1. The second-order valence-corrected chi connectivity index (χ2v) is 6.73. The van der Waals surface area contributed by atoms with Gasteiger partial charge in [-0.2, -0.15) is 0 Å². The predicted octanol–water partition coefficient (Wildman–Crippen LogP) is 6.29. The van der Waals surface area contributed by atoms with Crippen LogP contribution in [0, 0.1) is 6.92 Å². The Morgan fingerprint density at radius 3 is 2.20 bits per heavy atom. The summed E-state index contributed by atoms with van der Waals surface area (Å²) in [6, 6.07) is 6.67. The second-order valence-electron chi connectivity index (χ2n) is 5.88. The van der Waals surface area contributed by atoms with Gasteiger partial charge in [-0.1, -0.05) is 86.4 Å². The van der Waals surface area contributed by atoms with E-state index in [4.69, 9.17) is 5.73 Å². The number of unbranched alkanes of at least 4 members (excludes halogenated alkanes) is 7. The van der Waals surface area contributed by atoms with Gasteiger partial charge in [0.1, 0.15) is 0 Å². The van der Waals surface area contributed by atoms with Gasteiger partial charge < -0.3 is 5.73 Å². The molecule has 0 amide bonds. The lowest BCUT2D eigenvalue weighted by Crippen LogP contribution is -2.10. The number of nitrogens with two attached hydrogens (primary N) is 1. The molecule has 0 saturated carbocycles. The fourth-order valence-corrected chi connectivity index (χ4v) is 2.90. The third-order valence-electron chi connectivity index (χ3n) is 3.99. The summed E-state index contributed by atoms with van der Waals surface area (Å²) in [5.41, 5.74) is 8.80. The zero-order valence-electron chi connectivity index (χ0n) is 13.1. The molecular formula is C18H30BrN. The lowest BCUT2D eigenvalue weighted by Gasteiger charge is -2.13. The molecule has 0 aliphatic rings. The molecular weight excluding hydrogens is 310 g/mol. The van der Waals surface area contributed by atoms with E-state index >= 15 is 0 Å². The molecule has 0 saturated heterocycles. The molecule has 1 nitrogen and oxygen atoms in total. The number of rotatable bonds is 10. The number of halogens is 1. The lowest BCUT2D eigenvalue weighted by atomic mass is 9.99. The Morgan fingerprint density at radius 1 is 1.00 bits per heavy atom. The molecule has 0 fully saturated rings. The minimum atomic E-state index is 0.187. The van der Waals surface area contributed by atoms with Gasteiger partial charge in [-0.05, 0) is 30.5 Å². The normalized spacial score (nSPS) is 12.6. The summed E-state index contributed by atoms with van der Waals surface area (Å²) in [4.78, 5) is 0. The van der Waals surface area contributed by atoms with Crippen LogP contribution in [0.5, 0.6) is 0 Å². The number of aryl methyl sites for hydroxylation is 1. The van der Waals surface area contributed by atoms with Crippen molar-refractivity contribution in [2.45, 2.75) is 77.7 Å². The van der Waals surface area contributed by atoms with Crippen molar-refractivity contribution in [2.24, 2.45) is 5.73 Å². The standard InChI is InChI=1S/C18H30BrN/c1-3-4-5-6-7-8-9-10-11-18(20)16-13-12-15(2)17(19)14-16/h12-14,18H,3-11,20H2,1-2H3. The van der Waals surface area contributed by atoms with Crippen molar-refractivity contribution in [2.75, 3.05) is 0 Å². The quantitative estimate of drug-likeness (QED) is 0.498. The van der Waals surface area contributed by atoms with Crippen LogP contribution in [0.3, 0.4) is 0 Å². The fourth-order valence-electron chi connectivity index (χ4n) is 2.50. The van der Waals surface area contributed by atoms with Gasteiger partial charge in [0, 0.05) is 10.5 Å². The van der Waals surface area contributed by atoms with Gasteiger partial charge >= 0.3 is 0 Å². The molecule has 1 aromatic rings. The summed E-state index contributed by atoms with van der Waals surface area (Å²) in [6.07, 6.45) is 12.0. The third kappa shape index (κ3) is 6.90. The van der Waals surface area contributed by atoms with Crippen LogP contribution in [0.15, 0.2) is 22.7 Å². The van der Waals surface area contributed by atoms with Gasteiger partial charge in [-0.3, -0.25) is 0 Å². The van der Waals surface area contributed by atoms with Crippen LogP contribution < -0.4 is 5.73 Å². The second kappa shape index (κ2) is 10.4. The van der Waals surface area contributed by atoms with Crippen molar-refractivity contribution in [3.8, 4) is 0 Å². The highest BCUT2D eigenvalue weighted by atomic mass is 79.9. The molecule has 0 aliphatic heterocycles. The Kier molecular flexibility index (Phi) is 9.21. The van der Waals surface area contributed by atoms with E-state index in [0.717, 1.165) is 6.42 Å². The van der Waals surface area contributed by atoms with E-state index in [1.54, 1.807) is 0 Å². The zero-order valence-corrected chi connectivity index (χ0v) is 14.7. The third-order valence-corrected chi connectivity index (χ3v) is 4.85. The van der Waals surface area contributed by atoms with E-state index in [0.29, 0.717) is 0 Å². The van der Waals surface area contributed by atoms with Crippen molar-refractivity contribution in [1.82, 2.24) is 0 Å². The van der Waals surface area contributed by atoms with Gasteiger partial charge in [0.05, 0.1) is 0 Å². The Labute approximate surface area is 133 Å². The summed E-state index contributed by atoms with van der Waals surface area (Å²) in [6.45, 7) is 4.38. The minimum Gasteiger partial charge on any atom is -0.324 e. The SMILES string of the molecule is CCCCCCCCCCC(N)c1ccc(C)c(Br)c1. The van der Waals surface area contributed by atoms with Gasteiger partial charge in [0.2, 0.25) is 0 Å². The van der Waals surface area contributed by atoms with Crippen LogP contribution in [-0.2, 0) is 0 Å². The highest BCUT2D eigenvalue weighted by molar-refractivity contribution is 9.10. The van der Waals surface area contributed by atoms with E-state index < -0.39 is 0 Å². The van der Waals surface area contributed by atoms with Crippen molar-refractivity contribution in [3.63, 3.8) is 0 Å². The molecule has 1 atom stereocenters. The van der Waals surface area contributed by atoms with Gasteiger partial charge in [-0.25, -0.2) is 0 Å². The first kappa shape index (κ1) is 17.7. The maximum Gasteiger partial charge on any atom is 0.0295 e. The molecule has 0 bridgehead atoms. The number of benzene rings is 1. The zero-order chi connectivity index (χ0) is 14.8. The average Bonchev–Trinajstić information content (AvgIpc) is 2.44. The average molecular weight is 340 g/mol. The van der Waals surface area contributed by atoms with E-state index in [9.17, 15) is 0 Å². The summed E-state index contributed by atoms with van der Waals surface area (Å²) in [5.74, 6) is 0. The maximum absolute atomic E-state index is 6.27. The van der Waals surface area contributed by atoms with Crippen LogP contribution in [0.4, 0.5) is 0 Å². The lowest BCUT2D eigenvalue weighted by molar-refractivity contribution is 0.536. The van der Waals surface area contributed by atoms with Crippen molar-refractivity contribution in [1.29, 1.82) is 0 Å². The Bertz CT molecular complexity index is 376. The molecule has 0 aromatic heterocycles. The number of hydrogen-bond acceptors (Lipinski definition) is 1. The highest BCUT2D eigenvalue weighted by Crippen LogP contribution is 2.24. The molecule has 1 unspecified atom stereocenters. The van der Waals surface area contributed by atoms with E-state index in [1.807, 2.05) is 0 Å². The summed E-state index contributed by atoms with van der Waals surface area (Å²) >= 11 is 3.58. The summed E-state index contributed by atoms with van der Waals surface area (Å²) in [7, 11) is 0. The molecule has 2 heteroatoms. The smallest absolute Gasteiger partial charge is 0.0295 e. The Hall–Kier alpha value is -0.340. The Morgan fingerprint density at radius 2 is 1.60 bits per heavy atom. The van der Waals surface area contributed by atoms with Gasteiger partial charge in [0.25, 0.3) is 0 Å². The fraction of sp³-hybridized carbons (Fsp3) is 0.667. The first-order valence-corrected chi connectivity index (χ1v) is 8.96. The predicted molar refractivity (Wildman–Crippen MR) is 93.0 cm³/mol. The first-order valence-electron chi connectivity index (χ1n) is 8.16.